The Kier molecular flexibility index (Phi) is 8.71. The number of carbonyl (C=O) groups excluding carboxylic acids is 1. The molecule has 2 N–H and O–H groups in total. The molecule has 0 aromatic heterocycles. The Bertz CT molecular complexity index is 863. The average Bonchev–Trinajstić information content (AvgIpc) is 2.79. The SMILES string of the molecule is CCN(CC)CCCC(C)N[C@H]1c2ccccc2N[C@@H](C)[C@@H]1OC(=O)c1ccc(C)cc1. The van der Waals surface area contributed by atoms with Gasteiger partial charge in [0.15, 0.2) is 0 Å². The van der Waals surface area contributed by atoms with Crippen LogP contribution in [-0.4, -0.2) is 48.7 Å². The maximum absolute atomic E-state index is 12.9. The minimum absolute atomic E-state index is 0.000303. The fourth-order valence-corrected chi connectivity index (χ4v) is 4.48. The van der Waals surface area contributed by atoms with E-state index in [1.807, 2.05) is 37.3 Å². The largest absolute Gasteiger partial charge is 0.455 e. The third kappa shape index (κ3) is 6.11. The van der Waals surface area contributed by atoms with Crippen LogP contribution in [0, 0.1) is 6.92 Å². The van der Waals surface area contributed by atoms with E-state index in [4.69, 9.17) is 4.74 Å². The van der Waals surface area contributed by atoms with Crippen LogP contribution in [0.1, 0.15) is 68.1 Å². The zero-order chi connectivity index (χ0) is 23.1. The third-order valence-corrected chi connectivity index (χ3v) is 6.50. The van der Waals surface area contributed by atoms with Gasteiger partial charge in [0.1, 0.15) is 6.10 Å². The van der Waals surface area contributed by atoms with Crippen molar-refractivity contribution in [2.75, 3.05) is 25.0 Å². The van der Waals surface area contributed by atoms with Gasteiger partial charge in [-0.25, -0.2) is 4.79 Å². The molecule has 1 aliphatic rings. The molecule has 4 atom stereocenters. The van der Waals surface area contributed by atoms with Crippen molar-refractivity contribution in [3.8, 4) is 0 Å². The number of benzene rings is 2. The lowest BCUT2D eigenvalue weighted by Gasteiger charge is -2.40. The lowest BCUT2D eigenvalue weighted by molar-refractivity contribution is 0.0128. The van der Waals surface area contributed by atoms with Gasteiger partial charge in [0.05, 0.1) is 17.6 Å². The molecule has 2 aromatic carbocycles. The first-order valence-corrected chi connectivity index (χ1v) is 12.0. The molecule has 2 aromatic rings. The zero-order valence-electron chi connectivity index (χ0n) is 20.2. The van der Waals surface area contributed by atoms with Gasteiger partial charge >= 0.3 is 5.97 Å². The number of nitrogens with zero attached hydrogens (tertiary/aromatic N) is 1. The van der Waals surface area contributed by atoms with E-state index in [1.165, 1.54) is 0 Å². The highest BCUT2D eigenvalue weighted by Gasteiger charge is 2.37. The van der Waals surface area contributed by atoms with Crippen LogP contribution in [-0.2, 0) is 4.74 Å². The number of fused-ring (bicyclic) bond motifs is 1. The molecule has 5 heteroatoms. The first-order valence-electron chi connectivity index (χ1n) is 12.0. The van der Waals surface area contributed by atoms with Gasteiger partial charge in [0.2, 0.25) is 0 Å². The second-order valence-corrected chi connectivity index (χ2v) is 8.97. The normalized spacial score (nSPS) is 21.0. The summed E-state index contributed by atoms with van der Waals surface area (Å²) in [5.74, 6) is -0.274. The van der Waals surface area contributed by atoms with Gasteiger partial charge < -0.3 is 20.3 Å². The number of anilines is 1. The van der Waals surface area contributed by atoms with Gasteiger partial charge in [-0.2, -0.15) is 0 Å². The van der Waals surface area contributed by atoms with Crippen LogP contribution in [0.2, 0.25) is 0 Å². The monoisotopic (exact) mass is 437 g/mol. The topological polar surface area (TPSA) is 53.6 Å². The molecule has 32 heavy (non-hydrogen) atoms. The summed E-state index contributed by atoms with van der Waals surface area (Å²) in [5, 5.41) is 7.32. The molecule has 0 bridgehead atoms. The molecular weight excluding hydrogens is 398 g/mol. The number of esters is 1. The Labute approximate surface area is 193 Å². The van der Waals surface area contributed by atoms with Gasteiger partial charge in [-0.3, -0.25) is 0 Å². The molecule has 0 spiro atoms. The molecule has 0 saturated carbocycles. The summed E-state index contributed by atoms with van der Waals surface area (Å²) < 4.78 is 6.11. The van der Waals surface area contributed by atoms with E-state index in [0.717, 1.165) is 49.3 Å². The smallest absolute Gasteiger partial charge is 0.338 e. The van der Waals surface area contributed by atoms with Crippen molar-refractivity contribution in [2.45, 2.75) is 71.7 Å². The van der Waals surface area contributed by atoms with Crippen molar-refractivity contribution in [3.63, 3.8) is 0 Å². The highest BCUT2D eigenvalue weighted by Crippen LogP contribution is 2.35. The Morgan fingerprint density at radius 3 is 2.50 bits per heavy atom. The van der Waals surface area contributed by atoms with E-state index < -0.39 is 0 Å². The molecular formula is C27H39N3O2. The van der Waals surface area contributed by atoms with Gasteiger partial charge in [0, 0.05) is 11.7 Å². The molecule has 0 amide bonds. The lowest BCUT2D eigenvalue weighted by atomic mass is 9.89. The predicted octanol–water partition coefficient (Wildman–Crippen LogP) is 5.18. The molecule has 3 rings (SSSR count). The lowest BCUT2D eigenvalue weighted by Crippen LogP contribution is -2.50. The number of ether oxygens (including phenoxy) is 1. The second kappa shape index (κ2) is 11.5. The van der Waals surface area contributed by atoms with Crippen molar-refractivity contribution in [1.29, 1.82) is 0 Å². The van der Waals surface area contributed by atoms with Crippen LogP contribution in [0.25, 0.3) is 0 Å². The van der Waals surface area contributed by atoms with Crippen LogP contribution >= 0.6 is 0 Å². The average molecular weight is 438 g/mol. The van der Waals surface area contributed by atoms with E-state index in [-0.39, 0.29) is 24.2 Å². The van der Waals surface area contributed by atoms with Crippen molar-refractivity contribution >= 4 is 11.7 Å². The third-order valence-electron chi connectivity index (χ3n) is 6.50. The van der Waals surface area contributed by atoms with Crippen LogP contribution < -0.4 is 10.6 Å². The Morgan fingerprint density at radius 1 is 1.12 bits per heavy atom. The number of aryl methyl sites for hydroxylation is 1. The maximum Gasteiger partial charge on any atom is 0.338 e. The molecule has 1 unspecified atom stereocenters. The van der Waals surface area contributed by atoms with Crippen molar-refractivity contribution in [2.24, 2.45) is 0 Å². The maximum atomic E-state index is 12.9. The van der Waals surface area contributed by atoms with Crippen molar-refractivity contribution in [1.82, 2.24) is 10.2 Å². The molecule has 174 valence electrons. The van der Waals surface area contributed by atoms with E-state index in [2.05, 4.69) is 61.4 Å². The summed E-state index contributed by atoms with van der Waals surface area (Å²) in [6.45, 7) is 14.1. The first kappa shape index (κ1) is 24.3. The van der Waals surface area contributed by atoms with E-state index >= 15 is 0 Å². The van der Waals surface area contributed by atoms with Gasteiger partial charge in [-0.1, -0.05) is 49.7 Å². The highest BCUT2D eigenvalue weighted by molar-refractivity contribution is 5.89. The van der Waals surface area contributed by atoms with Crippen LogP contribution in [0.15, 0.2) is 48.5 Å². The molecule has 0 radical (unpaired) electrons. The number of hydrogen-bond acceptors (Lipinski definition) is 5. The molecule has 1 aliphatic heterocycles. The van der Waals surface area contributed by atoms with Crippen molar-refractivity contribution < 1.29 is 9.53 Å². The summed E-state index contributed by atoms with van der Waals surface area (Å²) >= 11 is 0. The number of nitrogens with one attached hydrogen (secondary N) is 2. The molecule has 1 heterocycles. The van der Waals surface area contributed by atoms with E-state index in [9.17, 15) is 4.79 Å². The van der Waals surface area contributed by atoms with Gasteiger partial charge in [-0.05, 0) is 77.0 Å². The minimum Gasteiger partial charge on any atom is -0.455 e. The number of hydrogen-bond donors (Lipinski definition) is 2. The standard InChI is InChI=1S/C27H39N3O2/c1-6-30(7-2)18-10-11-20(4)28-25-23-12-8-9-13-24(23)29-21(5)26(25)32-27(31)22-16-14-19(3)15-17-22/h8-9,12-17,20-21,25-26,28-29H,6-7,10-11,18H2,1-5H3/t20?,21-,25-,26-/m0/s1. The highest BCUT2D eigenvalue weighted by atomic mass is 16.5. The Balaban J connectivity index is 1.73. The minimum atomic E-state index is -0.302. The number of rotatable bonds is 10. The first-order chi connectivity index (χ1) is 15.4. The van der Waals surface area contributed by atoms with Crippen LogP contribution in [0.3, 0.4) is 0 Å². The van der Waals surface area contributed by atoms with Gasteiger partial charge in [0.25, 0.3) is 0 Å². The molecule has 0 aliphatic carbocycles. The van der Waals surface area contributed by atoms with Gasteiger partial charge in [-0.15, -0.1) is 0 Å². The van der Waals surface area contributed by atoms with Crippen LogP contribution in [0.4, 0.5) is 5.69 Å². The Morgan fingerprint density at radius 2 is 1.81 bits per heavy atom. The van der Waals surface area contributed by atoms with E-state index in [1.54, 1.807) is 0 Å². The summed E-state index contributed by atoms with van der Waals surface area (Å²) in [6, 6.07) is 16.1. The summed E-state index contributed by atoms with van der Waals surface area (Å²) in [6.07, 6.45) is 1.92. The number of carbonyl (C=O) groups is 1. The molecule has 5 nitrogen and oxygen atoms in total. The summed E-state index contributed by atoms with van der Waals surface area (Å²) in [7, 11) is 0. The Hall–Kier alpha value is -2.37. The zero-order valence-corrected chi connectivity index (χ0v) is 20.2. The summed E-state index contributed by atoms with van der Waals surface area (Å²) in [5.41, 5.74) is 3.98. The molecule has 0 saturated heterocycles. The predicted molar refractivity (Wildman–Crippen MR) is 132 cm³/mol. The molecule has 0 fully saturated rings. The second-order valence-electron chi connectivity index (χ2n) is 8.97. The van der Waals surface area contributed by atoms with E-state index in [0.29, 0.717) is 11.6 Å². The number of para-hydroxylation sites is 1. The fourth-order valence-electron chi connectivity index (χ4n) is 4.48. The summed E-state index contributed by atoms with van der Waals surface area (Å²) in [4.78, 5) is 15.4. The quantitative estimate of drug-likeness (QED) is 0.502. The fraction of sp³-hybridized carbons (Fsp3) is 0.519. The van der Waals surface area contributed by atoms with Crippen molar-refractivity contribution in [3.05, 3.63) is 65.2 Å². The van der Waals surface area contributed by atoms with Crippen LogP contribution in [0.5, 0.6) is 0 Å².